The molecule has 1 aliphatic rings. The van der Waals surface area contributed by atoms with Crippen LogP contribution >= 0.6 is 0 Å². The topological polar surface area (TPSA) is 96.0 Å². The average molecular weight is 439 g/mol. The standard InChI is InChI=1S/C19H19F2N3O5S/c1-29-16-11-12(22-30(27)28)5-6-13(16)18(25)23-7-9-24(10-8-23)19(26)17-14(20)3-2-4-15(17)21/h2-6,11,30H,7-10H2,1H3,(H,22,27,28). The van der Waals surface area contributed by atoms with Crippen LogP contribution in [0.4, 0.5) is 14.5 Å². The van der Waals surface area contributed by atoms with Gasteiger partial charge in [0.05, 0.1) is 18.4 Å². The van der Waals surface area contributed by atoms with Crippen LogP contribution in [0.1, 0.15) is 20.7 Å². The van der Waals surface area contributed by atoms with Crippen LogP contribution in [0.5, 0.6) is 5.75 Å². The Hall–Kier alpha value is -3.21. The minimum Gasteiger partial charge on any atom is -0.496 e. The van der Waals surface area contributed by atoms with Crippen LogP contribution < -0.4 is 9.46 Å². The second kappa shape index (κ2) is 9.08. The average Bonchev–Trinajstić information content (AvgIpc) is 2.72. The molecule has 30 heavy (non-hydrogen) atoms. The van der Waals surface area contributed by atoms with E-state index in [2.05, 4.69) is 4.72 Å². The van der Waals surface area contributed by atoms with Crippen LogP contribution in [0, 0.1) is 11.6 Å². The minimum absolute atomic E-state index is 0.108. The first kappa shape index (κ1) is 21.5. The van der Waals surface area contributed by atoms with Gasteiger partial charge in [-0.15, -0.1) is 0 Å². The molecule has 2 aromatic rings. The number of hydrogen-bond acceptors (Lipinski definition) is 5. The first-order valence-corrected chi connectivity index (χ1v) is 10.1. The van der Waals surface area contributed by atoms with Crippen molar-refractivity contribution in [2.75, 3.05) is 38.0 Å². The van der Waals surface area contributed by atoms with Gasteiger partial charge in [-0.3, -0.25) is 14.3 Å². The van der Waals surface area contributed by atoms with Crippen molar-refractivity contribution in [1.29, 1.82) is 0 Å². The molecule has 0 atom stereocenters. The highest BCUT2D eigenvalue weighted by molar-refractivity contribution is 7.73. The molecular weight excluding hydrogens is 420 g/mol. The van der Waals surface area contributed by atoms with Crippen LogP contribution in [0.15, 0.2) is 36.4 Å². The number of rotatable bonds is 5. The maximum absolute atomic E-state index is 13.9. The Kier molecular flexibility index (Phi) is 6.50. The van der Waals surface area contributed by atoms with Gasteiger partial charge in [0, 0.05) is 32.2 Å². The molecule has 0 aliphatic carbocycles. The smallest absolute Gasteiger partial charge is 0.259 e. The lowest BCUT2D eigenvalue weighted by molar-refractivity contribution is 0.0528. The molecule has 0 aromatic heterocycles. The zero-order valence-electron chi connectivity index (χ0n) is 15.9. The third kappa shape index (κ3) is 4.51. The largest absolute Gasteiger partial charge is 0.496 e. The lowest BCUT2D eigenvalue weighted by Gasteiger charge is -2.35. The van der Waals surface area contributed by atoms with Crippen LogP contribution in [0.25, 0.3) is 0 Å². The number of hydrogen-bond donors (Lipinski definition) is 2. The Morgan fingerprint density at radius 3 is 2.07 bits per heavy atom. The second-order valence-electron chi connectivity index (χ2n) is 6.47. The summed E-state index contributed by atoms with van der Waals surface area (Å²) in [5.41, 5.74) is -0.135. The number of benzene rings is 2. The highest BCUT2D eigenvalue weighted by atomic mass is 32.2. The molecule has 1 aliphatic heterocycles. The van der Waals surface area contributed by atoms with Gasteiger partial charge in [-0.2, -0.15) is 0 Å². The SMILES string of the molecule is COc1cc(N[SH](=O)=O)ccc1C(=O)N1CCN(C(=O)c2c(F)cccc2F)CC1. The predicted octanol–water partition coefficient (Wildman–Crippen LogP) is 1.51. The van der Waals surface area contributed by atoms with Crippen molar-refractivity contribution in [3.63, 3.8) is 0 Å². The molecular formula is C19H19F2N3O5S. The fourth-order valence-electron chi connectivity index (χ4n) is 3.19. The van der Waals surface area contributed by atoms with Crippen molar-refractivity contribution >= 4 is 28.4 Å². The molecule has 2 amide bonds. The molecule has 0 radical (unpaired) electrons. The van der Waals surface area contributed by atoms with Gasteiger partial charge >= 0.3 is 0 Å². The third-order valence-electron chi connectivity index (χ3n) is 4.68. The van der Waals surface area contributed by atoms with E-state index in [1.807, 2.05) is 0 Å². The molecule has 1 fully saturated rings. The first-order chi connectivity index (χ1) is 14.3. The summed E-state index contributed by atoms with van der Waals surface area (Å²) in [7, 11) is -1.50. The summed E-state index contributed by atoms with van der Waals surface area (Å²) in [6.45, 7) is 0.542. The van der Waals surface area contributed by atoms with Gasteiger partial charge in [-0.1, -0.05) is 6.07 Å². The number of methoxy groups -OCH3 is 1. The van der Waals surface area contributed by atoms with Crippen LogP contribution in [0.3, 0.4) is 0 Å². The molecule has 11 heteroatoms. The van der Waals surface area contributed by atoms with E-state index in [0.29, 0.717) is 0 Å². The van der Waals surface area contributed by atoms with Gasteiger partial charge < -0.3 is 14.5 Å². The van der Waals surface area contributed by atoms with Crippen molar-refractivity contribution in [2.24, 2.45) is 0 Å². The lowest BCUT2D eigenvalue weighted by Crippen LogP contribution is -2.51. The normalized spacial score (nSPS) is 14.0. The van der Waals surface area contributed by atoms with E-state index in [-0.39, 0.29) is 49.1 Å². The Bertz CT molecular complexity index is 1020. The highest BCUT2D eigenvalue weighted by Gasteiger charge is 2.29. The van der Waals surface area contributed by atoms with Gasteiger partial charge in [-0.05, 0) is 24.3 Å². The third-order valence-corrected chi connectivity index (χ3v) is 5.12. The van der Waals surface area contributed by atoms with E-state index in [4.69, 9.17) is 4.74 Å². The molecule has 160 valence electrons. The zero-order chi connectivity index (χ0) is 21.8. The number of amides is 2. The number of carbonyl (C=O) groups is 2. The van der Waals surface area contributed by atoms with Crippen molar-refractivity contribution in [3.8, 4) is 5.75 Å². The summed E-state index contributed by atoms with van der Waals surface area (Å²) in [5.74, 6) is -2.81. The molecule has 0 unspecified atom stereocenters. The van der Waals surface area contributed by atoms with E-state index in [1.54, 1.807) is 0 Å². The Balaban J connectivity index is 1.70. The van der Waals surface area contributed by atoms with E-state index in [1.165, 1.54) is 41.2 Å². The Labute approximate surface area is 173 Å². The summed E-state index contributed by atoms with van der Waals surface area (Å²) in [6.07, 6.45) is 0. The summed E-state index contributed by atoms with van der Waals surface area (Å²) >= 11 is 0. The molecule has 0 bridgehead atoms. The highest BCUT2D eigenvalue weighted by Crippen LogP contribution is 2.25. The summed E-state index contributed by atoms with van der Waals surface area (Å²) in [6, 6.07) is 7.48. The van der Waals surface area contributed by atoms with Crippen LogP contribution in [0.2, 0.25) is 0 Å². The first-order valence-electron chi connectivity index (χ1n) is 8.93. The molecule has 2 aromatic carbocycles. The van der Waals surface area contributed by atoms with Crippen LogP contribution in [-0.4, -0.2) is 63.3 Å². The van der Waals surface area contributed by atoms with Gasteiger partial charge in [0.2, 0.25) is 10.9 Å². The number of carbonyl (C=O) groups excluding carboxylic acids is 2. The fourth-order valence-corrected chi connectivity index (χ4v) is 3.54. The summed E-state index contributed by atoms with van der Waals surface area (Å²) in [4.78, 5) is 28.1. The molecule has 3 rings (SSSR count). The number of ether oxygens (including phenoxy) is 1. The number of piperazine rings is 1. The van der Waals surface area contributed by atoms with E-state index in [9.17, 15) is 26.8 Å². The Morgan fingerprint density at radius 2 is 1.53 bits per heavy atom. The Morgan fingerprint density at radius 1 is 0.967 bits per heavy atom. The maximum Gasteiger partial charge on any atom is 0.259 e. The van der Waals surface area contributed by atoms with Gasteiger partial charge in [0.15, 0.2) is 0 Å². The minimum atomic E-state index is -2.86. The number of nitrogens with zero attached hydrogens (tertiary/aromatic N) is 2. The predicted molar refractivity (Wildman–Crippen MR) is 105 cm³/mol. The summed E-state index contributed by atoms with van der Waals surface area (Å²) in [5, 5.41) is 0. The lowest BCUT2D eigenvalue weighted by atomic mass is 10.1. The number of anilines is 1. The monoisotopic (exact) mass is 439 g/mol. The maximum atomic E-state index is 13.9. The number of halogens is 2. The van der Waals surface area contributed by atoms with E-state index in [0.717, 1.165) is 12.1 Å². The van der Waals surface area contributed by atoms with E-state index >= 15 is 0 Å². The second-order valence-corrected chi connectivity index (χ2v) is 7.20. The zero-order valence-corrected chi connectivity index (χ0v) is 16.8. The molecule has 1 saturated heterocycles. The van der Waals surface area contributed by atoms with Gasteiger partial charge in [0.25, 0.3) is 11.8 Å². The van der Waals surface area contributed by atoms with Crippen molar-refractivity contribution < 1.29 is 31.5 Å². The molecule has 0 spiro atoms. The molecule has 0 saturated carbocycles. The molecule has 8 nitrogen and oxygen atoms in total. The van der Waals surface area contributed by atoms with Crippen molar-refractivity contribution in [2.45, 2.75) is 0 Å². The number of nitrogens with one attached hydrogen (secondary N) is 1. The molecule has 1 N–H and O–H groups in total. The number of thiol groups is 1. The quantitative estimate of drug-likeness (QED) is 0.689. The molecule has 1 heterocycles. The van der Waals surface area contributed by atoms with E-state index < -0.39 is 34.0 Å². The fraction of sp³-hybridized carbons (Fsp3) is 0.263. The van der Waals surface area contributed by atoms with Gasteiger partial charge in [-0.25, -0.2) is 17.2 Å². The van der Waals surface area contributed by atoms with Crippen LogP contribution in [-0.2, 0) is 10.9 Å². The van der Waals surface area contributed by atoms with Gasteiger partial charge in [0.1, 0.15) is 22.9 Å². The summed E-state index contributed by atoms with van der Waals surface area (Å²) < 4.78 is 56.7. The van der Waals surface area contributed by atoms with Crippen molar-refractivity contribution in [3.05, 3.63) is 59.2 Å². The van der Waals surface area contributed by atoms with Crippen molar-refractivity contribution in [1.82, 2.24) is 9.80 Å².